The third-order valence-electron chi connectivity index (χ3n) is 1.55. The molecule has 5 heteroatoms. The first kappa shape index (κ1) is 8.96. The SMILES string of the molecule is CNC1=CC=C(C(F)(F)F)CN1. The number of rotatable bonds is 1. The zero-order valence-corrected chi connectivity index (χ0v) is 6.50. The highest BCUT2D eigenvalue weighted by atomic mass is 19.4. The van der Waals surface area contributed by atoms with Crippen molar-refractivity contribution >= 4 is 0 Å². The third-order valence-corrected chi connectivity index (χ3v) is 1.55. The minimum absolute atomic E-state index is 0.170. The van der Waals surface area contributed by atoms with Crippen LogP contribution in [0.3, 0.4) is 0 Å². The smallest absolute Gasteiger partial charge is 0.375 e. The molecule has 0 aromatic carbocycles. The highest BCUT2D eigenvalue weighted by Gasteiger charge is 2.33. The van der Waals surface area contributed by atoms with Gasteiger partial charge in [0.05, 0.1) is 11.4 Å². The number of hydrogen-bond donors (Lipinski definition) is 2. The predicted molar refractivity (Wildman–Crippen MR) is 39.3 cm³/mol. The van der Waals surface area contributed by atoms with Crippen molar-refractivity contribution in [2.75, 3.05) is 13.6 Å². The Morgan fingerprint density at radius 3 is 2.42 bits per heavy atom. The van der Waals surface area contributed by atoms with E-state index in [0.29, 0.717) is 5.82 Å². The van der Waals surface area contributed by atoms with E-state index in [4.69, 9.17) is 0 Å². The highest BCUT2D eigenvalue weighted by Crippen LogP contribution is 2.26. The van der Waals surface area contributed by atoms with Gasteiger partial charge in [-0.2, -0.15) is 13.2 Å². The fraction of sp³-hybridized carbons (Fsp3) is 0.429. The summed E-state index contributed by atoms with van der Waals surface area (Å²) in [5.74, 6) is 0.600. The van der Waals surface area contributed by atoms with Crippen LogP contribution in [0.4, 0.5) is 13.2 Å². The van der Waals surface area contributed by atoms with E-state index in [2.05, 4.69) is 10.6 Å². The van der Waals surface area contributed by atoms with Crippen LogP contribution in [0.1, 0.15) is 0 Å². The molecule has 0 aliphatic carbocycles. The molecular weight excluding hydrogens is 169 g/mol. The van der Waals surface area contributed by atoms with E-state index in [0.717, 1.165) is 6.08 Å². The molecule has 0 amide bonds. The van der Waals surface area contributed by atoms with Gasteiger partial charge in [0.25, 0.3) is 0 Å². The standard InChI is InChI=1S/C7H9F3N2/c1-11-6-3-2-5(4-12-6)7(8,9)10/h2-3,11-12H,4H2,1H3. The number of alkyl halides is 3. The molecule has 1 heterocycles. The lowest BCUT2D eigenvalue weighted by atomic mass is 10.2. The zero-order chi connectivity index (χ0) is 9.19. The van der Waals surface area contributed by atoms with Crippen LogP contribution in [0.15, 0.2) is 23.5 Å². The maximum atomic E-state index is 12.0. The number of nitrogens with one attached hydrogen (secondary N) is 2. The summed E-state index contributed by atoms with van der Waals surface area (Å²) in [4.78, 5) is 0. The van der Waals surface area contributed by atoms with Gasteiger partial charge in [-0.1, -0.05) is 0 Å². The van der Waals surface area contributed by atoms with Crippen molar-refractivity contribution in [3.8, 4) is 0 Å². The molecule has 0 fully saturated rings. The summed E-state index contributed by atoms with van der Waals surface area (Å²) in [5, 5.41) is 5.30. The Bertz CT molecular complexity index is 227. The first-order chi connectivity index (χ1) is 5.54. The fourth-order valence-corrected chi connectivity index (χ4v) is 0.859. The second-order valence-electron chi connectivity index (χ2n) is 2.37. The Balaban J connectivity index is 2.73. The lowest BCUT2D eigenvalue weighted by Gasteiger charge is -2.18. The number of allylic oxidation sites excluding steroid dienone is 2. The largest absolute Gasteiger partial charge is 0.414 e. The van der Waals surface area contributed by atoms with E-state index in [1.165, 1.54) is 6.08 Å². The summed E-state index contributed by atoms with van der Waals surface area (Å²) in [7, 11) is 1.64. The van der Waals surface area contributed by atoms with Crippen molar-refractivity contribution in [2.45, 2.75) is 6.18 Å². The average Bonchev–Trinajstić information content (AvgIpc) is 2.03. The molecule has 0 atom stereocenters. The minimum Gasteiger partial charge on any atom is -0.375 e. The fourth-order valence-electron chi connectivity index (χ4n) is 0.859. The predicted octanol–water partition coefficient (Wildman–Crippen LogP) is 1.14. The van der Waals surface area contributed by atoms with Gasteiger partial charge < -0.3 is 10.6 Å². The molecule has 1 aliphatic rings. The van der Waals surface area contributed by atoms with Gasteiger partial charge >= 0.3 is 6.18 Å². The second kappa shape index (κ2) is 3.08. The van der Waals surface area contributed by atoms with Crippen LogP contribution >= 0.6 is 0 Å². The van der Waals surface area contributed by atoms with Crippen molar-refractivity contribution in [1.29, 1.82) is 0 Å². The van der Waals surface area contributed by atoms with Gasteiger partial charge in [-0.3, -0.25) is 0 Å². The molecule has 0 saturated heterocycles. The van der Waals surface area contributed by atoms with E-state index < -0.39 is 11.7 Å². The van der Waals surface area contributed by atoms with Gasteiger partial charge in [0, 0.05) is 13.6 Å². The molecule has 2 nitrogen and oxygen atoms in total. The molecule has 0 aromatic rings. The van der Waals surface area contributed by atoms with Crippen LogP contribution in [0.2, 0.25) is 0 Å². The van der Waals surface area contributed by atoms with Crippen molar-refractivity contribution in [1.82, 2.24) is 10.6 Å². The van der Waals surface area contributed by atoms with Crippen LogP contribution in [-0.4, -0.2) is 19.8 Å². The van der Waals surface area contributed by atoms with Crippen LogP contribution in [0.25, 0.3) is 0 Å². The van der Waals surface area contributed by atoms with Crippen molar-refractivity contribution < 1.29 is 13.2 Å². The normalized spacial score (nSPS) is 17.7. The molecule has 1 aliphatic heterocycles. The molecule has 12 heavy (non-hydrogen) atoms. The molecule has 0 bridgehead atoms. The maximum absolute atomic E-state index is 12.0. The molecule has 0 saturated carbocycles. The van der Waals surface area contributed by atoms with E-state index in [1.807, 2.05) is 0 Å². The second-order valence-corrected chi connectivity index (χ2v) is 2.37. The van der Waals surface area contributed by atoms with Gasteiger partial charge in [0.1, 0.15) is 0 Å². The summed E-state index contributed by atoms with van der Waals surface area (Å²) in [6, 6.07) is 0. The van der Waals surface area contributed by atoms with Gasteiger partial charge in [0.2, 0.25) is 0 Å². The quantitative estimate of drug-likeness (QED) is 0.629. The Labute approximate surface area is 68.1 Å². The Hall–Kier alpha value is -1.13. The first-order valence-corrected chi connectivity index (χ1v) is 3.43. The summed E-state index contributed by atoms with van der Waals surface area (Å²) >= 11 is 0. The van der Waals surface area contributed by atoms with Crippen molar-refractivity contribution in [2.24, 2.45) is 0 Å². The summed E-state index contributed by atoms with van der Waals surface area (Å²) in [6.07, 6.45) is -1.78. The van der Waals surface area contributed by atoms with Crippen molar-refractivity contribution in [3.63, 3.8) is 0 Å². The molecule has 0 unspecified atom stereocenters. The van der Waals surface area contributed by atoms with Gasteiger partial charge in [-0.05, 0) is 12.2 Å². The zero-order valence-electron chi connectivity index (χ0n) is 6.50. The lowest BCUT2D eigenvalue weighted by molar-refractivity contribution is -0.0929. The monoisotopic (exact) mass is 178 g/mol. The first-order valence-electron chi connectivity index (χ1n) is 3.43. The maximum Gasteiger partial charge on any atom is 0.414 e. The highest BCUT2D eigenvalue weighted by molar-refractivity contribution is 5.25. The topological polar surface area (TPSA) is 24.1 Å². The molecule has 1 rings (SSSR count). The number of dihydropyridines is 1. The molecule has 2 N–H and O–H groups in total. The summed E-state index contributed by atoms with van der Waals surface area (Å²) in [6.45, 7) is -0.170. The Morgan fingerprint density at radius 1 is 1.42 bits per heavy atom. The lowest BCUT2D eigenvalue weighted by Crippen LogP contribution is -2.31. The van der Waals surface area contributed by atoms with Crippen LogP contribution in [-0.2, 0) is 0 Å². The molecule has 0 spiro atoms. The number of halogens is 3. The third kappa shape index (κ3) is 1.93. The van der Waals surface area contributed by atoms with Gasteiger partial charge in [-0.25, -0.2) is 0 Å². The summed E-state index contributed by atoms with van der Waals surface area (Å²) < 4.78 is 36.0. The van der Waals surface area contributed by atoms with Crippen LogP contribution < -0.4 is 10.6 Å². The molecule has 0 aromatic heterocycles. The van der Waals surface area contributed by atoms with Gasteiger partial charge in [-0.15, -0.1) is 0 Å². The van der Waals surface area contributed by atoms with Crippen LogP contribution in [0, 0.1) is 0 Å². The van der Waals surface area contributed by atoms with E-state index in [9.17, 15) is 13.2 Å². The summed E-state index contributed by atoms with van der Waals surface area (Å²) in [5.41, 5.74) is -0.554. The molecule has 68 valence electrons. The van der Waals surface area contributed by atoms with E-state index >= 15 is 0 Å². The van der Waals surface area contributed by atoms with E-state index in [1.54, 1.807) is 7.05 Å². The molecule has 0 radical (unpaired) electrons. The number of hydrogen-bond acceptors (Lipinski definition) is 2. The van der Waals surface area contributed by atoms with Crippen LogP contribution in [0.5, 0.6) is 0 Å². The van der Waals surface area contributed by atoms with E-state index in [-0.39, 0.29) is 6.54 Å². The Kier molecular flexibility index (Phi) is 2.30. The van der Waals surface area contributed by atoms with Crippen molar-refractivity contribution in [3.05, 3.63) is 23.5 Å². The Morgan fingerprint density at radius 2 is 2.08 bits per heavy atom. The average molecular weight is 178 g/mol. The van der Waals surface area contributed by atoms with Gasteiger partial charge in [0.15, 0.2) is 0 Å². The minimum atomic E-state index is -4.22. The molecular formula is C7H9F3N2.